The van der Waals surface area contributed by atoms with Gasteiger partial charge in [-0.2, -0.15) is 0 Å². The lowest BCUT2D eigenvalue weighted by Crippen LogP contribution is -2.60. The highest BCUT2D eigenvalue weighted by atomic mass is 32.1. The van der Waals surface area contributed by atoms with E-state index in [0.29, 0.717) is 23.4 Å². The van der Waals surface area contributed by atoms with Crippen molar-refractivity contribution in [1.82, 2.24) is 25.1 Å². The fraction of sp³-hybridized carbons (Fsp3) is 0.650. The van der Waals surface area contributed by atoms with Gasteiger partial charge in [-0.3, -0.25) is 19.2 Å². The minimum atomic E-state index is -1.48. The summed E-state index contributed by atoms with van der Waals surface area (Å²) in [6.45, 7) is 4.16. The van der Waals surface area contributed by atoms with Crippen molar-refractivity contribution in [3.05, 3.63) is 10.6 Å². The van der Waals surface area contributed by atoms with Crippen LogP contribution in [0.15, 0.2) is 0 Å². The zero-order chi connectivity index (χ0) is 25.4. The van der Waals surface area contributed by atoms with E-state index in [1.807, 2.05) is 13.8 Å². The van der Waals surface area contributed by atoms with Crippen LogP contribution in [0, 0.1) is 12.8 Å². The predicted octanol–water partition coefficient (Wildman–Crippen LogP) is -2.28. The van der Waals surface area contributed by atoms with E-state index in [1.54, 1.807) is 6.92 Å². The van der Waals surface area contributed by atoms with Gasteiger partial charge in [-0.25, -0.2) is 0 Å². The Morgan fingerprint density at radius 3 is 2.53 bits per heavy atom. The molecule has 4 amide bonds. The first-order valence-electron chi connectivity index (χ1n) is 10.8. The fourth-order valence-electron chi connectivity index (χ4n) is 3.62. The number of carboxylic acid groups (broad SMARTS) is 1. The quantitative estimate of drug-likeness (QED) is 0.301. The topological polar surface area (TPSA) is 197 Å². The Labute approximate surface area is 200 Å². The zero-order valence-corrected chi connectivity index (χ0v) is 20.1. The number of piperidine rings is 1. The average Bonchev–Trinajstić information content (AvgIpc) is 3.18. The number of ether oxygens (including phenoxy) is 1. The molecule has 0 radical (unpaired) electrons. The molecule has 1 saturated heterocycles. The molecule has 1 aromatic heterocycles. The molecule has 2 heterocycles. The monoisotopic (exact) mass is 497 g/mol. The third kappa shape index (κ3) is 7.73. The first kappa shape index (κ1) is 27.1. The Hall–Kier alpha value is -3.13. The van der Waals surface area contributed by atoms with Gasteiger partial charge in [0, 0.05) is 12.6 Å². The summed E-state index contributed by atoms with van der Waals surface area (Å²) in [7, 11) is 0. The van der Waals surface area contributed by atoms with Crippen molar-refractivity contribution >= 4 is 41.1 Å². The predicted molar refractivity (Wildman–Crippen MR) is 117 cm³/mol. The SMILES string of the molecule is Cc1nnsc1C(=O)N[C@H]1CCN(C(=O)COCC(=O)[O-])[C@H](C(=O)N[C@H](CC(C)C)C(N)=O)C1. The van der Waals surface area contributed by atoms with Crippen molar-refractivity contribution in [1.29, 1.82) is 0 Å². The number of aliphatic carboxylic acids is 1. The first-order valence-corrected chi connectivity index (χ1v) is 11.5. The van der Waals surface area contributed by atoms with Crippen LogP contribution in [0.5, 0.6) is 0 Å². The van der Waals surface area contributed by atoms with Gasteiger partial charge < -0.3 is 35.9 Å². The second-order valence-corrected chi connectivity index (χ2v) is 9.20. The average molecular weight is 498 g/mol. The lowest BCUT2D eigenvalue weighted by atomic mass is 9.95. The molecule has 1 fully saturated rings. The molecule has 4 N–H and O–H groups in total. The number of primary amides is 1. The summed E-state index contributed by atoms with van der Waals surface area (Å²) in [6.07, 6.45) is 0.731. The molecule has 0 saturated carbocycles. The molecule has 3 atom stereocenters. The van der Waals surface area contributed by atoms with E-state index in [-0.39, 0.29) is 24.8 Å². The van der Waals surface area contributed by atoms with E-state index in [4.69, 9.17) is 10.5 Å². The number of amides is 4. The summed E-state index contributed by atoms with van der Waals surface area (Å²) in [4.78, 5) is 62.3. The smallest absolute Gasteiger partial charge is 0.265 e. The molecule has 2 rings (SSSR count). The molecule has 0 bridgehead atoms. The van der Waals surface area contributed by atoms with Gasteiger partial charge in [-0.05, 0) is 43.6 Å². The number of likely N-dealkylation sites (tertiary alicyclic amines) is 1. The molecule has 1 aliphatic rings. The van der Waals surface area contributed by atoms with E-state index in [9.17, 15) is 29.1 Å². The maximum atomic E-state index is 13.1. The van der Waals surface area contributed by atoms with Crippen LogP contribution in [0.2, 0.25) is 0 Å². The van der Waals surface area contributed by atoms with Crippen molar-refractivity contribution in [2.75, 3.05) is 19.8 Å². The Kier molecular flexibility index (Phi) is 9.86. The van der Waals surface area contributed by atoms with E-state index < -0.39 is 55.0 Å². The highest BCUT2D eigenvalue weighted by molar-refractivity contribution is 7.08. The standard InChI is InChI=1S/C20H30N6O7S/c1-10(2)6-13(18(21)30)23-19(31)14-7-12(22-20(32)17-11(3)24-25-34-17)4-5-26(14)15(27)8-33-9-16(28)29/h10,12-14H,4-9H2,1-3H3,(H2,21,30)(H,22,32)(H,23,31)(H,28,29)/p-1/t12-,13+,14-/m0/s1. The van der Waals surface area contributed by atoms with Crippen LogP contribution in [0.3, 0.4) is 0 Å². The van der Waals surface area contributed by atoms with Crippen molar-refractivity contribution < 1.29 is 33.8 Å². The Morgan fingerprint density at radius 2 is 1.97 bits per heavy atom. The molecule has 34 heavy (non-hydrogen) atoms. The van der Waals surface area contributed by atoms with Crippen molar-refractivity contribution in [3.63, 3.8) is 0 Å². The second-order valence-electron chi connectivity index (χ2n) is 8.44. The summed E-state index contributed by atoms with van der Waals surface area (Å²) >= 11 is 0.949. The summed E-state index contributed by atoms with van der Waals surface area (Å²) in [6, 6.07) is -2.41. The van der Waals surface area contributed by atoms with Crippen molar-refractivity contribution in [3.8, 4) is 0 Å². The van der Waals surface area contributed by atoms with Crippen LogP contribution in [-0.2, 0) is 23.9 Å². The number of nitrogens with one attached hydrogen (secondary N) is 2. The first-order chi connectivity index (χ1) is 16.0. The molecular formula is C20H29N6O7S-. The molecule has 0 unspecified atom stereocenters. The van der Waals surface area contributed by atoms with E-state index in [0.717, 1.165) is 11.5 Å². The highest BCUT2D eigenvalue weighted by Gasteiger charge is 2.38. The van der Waals surface area contributed by atoms with E-state index >= 15 is 0 Å². The minimum absolute atomic E-state index is 0.0717. The number of carbonyl (C=O) groups excluding carboxylic acids is 5. The van der Waals surface area contributed by atoms with Crippen LogP contribution in [-0.4, -0.2) is 82.0 Å². The van der Waals surface area contributed by atoms with Crippen molar-refractivity contribution in [2.24, 2.45) is 11.7 Å². The second kappa shape index (κ2) is 12.4. The normalized spacial score (nSPS) is 18.9. The molecule has 13 nitrogen and oxygen atoms in total. The number of aryl methyl sites for hydroxylation is 1. The van der Waals surface area contributed by atoms with Crippen LogP contribution >= 0.6 is 11.5 Å². The summed E-state index contributed by atoms with van der Waals surface area (Å²) < 4.78 is 8.56. The summed E-state index contributed by atoms with van der Waals surface area (Å²) in [5.41, 5.74) is 5.91. The molecule has 14 heteroatoms. The van der Waals surface area contributed by atoms with Crippen LogP contribution in [0.25, 0.3) is 0 Å². The number of rotatable bonds is 11. The number of nitrogens with two attached hydrogens (primary N) is 1. The zero-order valence-electron chi connectivity index (χ0n) is 19.2. The van der Waals surface area contributed by atoms with Gasteiger partial charge >= 0.3 is 0 Å². The molecule has 0 aliphatic carbocycles. The fourth-order valence-corrected chi connectivity index (χ4v) is 4.18. The van der Waals surface area contributed by atoms with Gasteiger partial charge in [0.05, 0.1) is 18.3 Å². The van der Waals surface area contributed by atoms with Crippen molar-refractivity contribution in [2.45, 2.75) is 58.2 Å². The maximum absolute atomic E-state index is 13.1. The van der Waals surface area contributed by atoms with Crippen LogP contribution < -0.4 is 21.5 Å². The van der Waals surface area contributed by atoms with Gasteiger partial charge in [0.1, 0.15) is 23.6 Å². The number of aromatic nitrogens is 2. The number of hydrogen-bond acceptors (Lipinski definition) is 10. The highest BCUT2D eigenvalue weighted by Crippen LogP contribution is 2.20. The van der Waals surface area contributed by atoms with Crippen LogP contribution in [0.1, 0.15) is 48.5 Å². The Bertz CT molecular complexity index is 921. The third-order valence-electron chi connectivity index (χ3n) is 5.23. The number of carboxylic acids is 1. The lowest BCUT2D eigenvalue weighted by molar-refractivity contribution is -0.309. The molecule has 188 valence electrons. The largest absolute Gasteiger partial charge is 0.548 e. The summed E-state index contributed by atoms with van der Waals surface area (Å²) in [5.74, 6) is -3.70. The third-order valence-corrected chi connectivity index (χ3v) is 6.06. The molecule has 0 spiro atoms. The van der Waals surface area contributed by atoms with Gasteiger partial charge in [0.15, 0.2) is 0 Å². The maximum Gasteiger partial charge on any atom is 0.265 e. The lowest BCUT2D eigenvalue weighted by Gasteiger charge is -2.39. The number of carbonyl (C=O) groups is 5. The van der Waals surface area contributed by atoms with Gasteiger partial charge in [-0.15, -0.1) is 5.10 Å². The van der Waals surface area contributed by atoms with Crippen LogP contribution in [0.4, 0.5) is 0 Å². The van der Waals surface area contributed by atoms with Gasteiger partial charge in [0.25, 0.3) is 5.91 Å². The van der Waals surface area contributed by atoms with Gasteiger partial charge in [-0.1, -0.05) is 18.3 Å². The number of nitrogens with zero attached hydrogens (tertiary/aromatic N) is 3. The Morgan fingerprint density at radius 1 is 1.26 bits per heavy atom. The molecule has 1 aliphatic heterocycles. The Balaban J connectivity index is 2.15. The summed E-state index contributed by atoms with van der Waals surface area (Å²) in [5, 5.41) is 19.8. The molecule has 1 aromatic rings. The van der Waals surface area contributed by atoms with E-state index in [1.165, 1.54) is 4.90 Å². The molecular weight excluding hydrogens is 468 g/mol. The minimum Gasteiger partial charge on any atom is -0.548 e. The van der Waals surface area contributed by atoms with Gasteiger partial charge in [0.2, 0.25) is 17.7 Å². The number of hydrogen-bond donors (Lipinski definition) is 3. The molecule has 0 aromatic carbocycles. The van der Waals surface area contributed by atoms with E-state index in [2.05, 4.69) is 20.2 Å².